The molecule has 2 nitrogen and oxygen atoms in total. The number of rotatable bonds is 4. The van der Waals surface area contributed by atoms with E-state index in [4.69, 9.17) is 17.3 Å². The minimum absolute atomic E-state index is 0.216. The second-order valence-electron chi connectivity index (χ2n) is 3.76. The molecule has 0 bridgehead atoms. The highest BCUT2D eigenvalue weighted by molar-refractivity contribution is 7.16. The first-order chi connectivity index (χ1) is 6.66. The number of hydrogen-bond acceptors (Lipinski definition) is 2. The van der Waals surface area contributed by atoms with Gasteiger partial charge in [-0.3, -0.25) is 4.79 Å². The lowest BCUT2D eigenvalue weighted by Gasteiger charge is -2.11. The molecule has 1 atom stereocenters. The summed E-state index contributed by atoms with van der Waals surface area (Å²) in [4.78, 5) is 12.1. The number of carbonyl (C=O) groups is 1. The highest BCUT2D eigenvalue weighted by Gasteiger charge is 2.33. The van der Waals surface area contributed by atoms with Crippen molar-refractivity contribution in [2.24, 2.45) is 11.7 Å². The third-order valence-electron chi connectivity index (χ3n) is 2.57. The molecule has 1 aliphatic carbocycles. The highest BCUT2D eigenvalue weighted by Crippen LogP contribution is 2.46. The first-order valence-corrected chi connectivity index (χ1v) is 5.90. The summed E-state index contributed by atoms with van der Waals surface area (Å²) in [6, 6.07) is 3.90. The van der Waals surface area contributed by atoms with Gasteiger partial charge < -0.3 is 5.73 Å². The number of amides is 1. The molecule has 1 unspecified atom stereocenters. The summed E-state index contributed by atoms with van der Waals surface area (Å²) in [6.07, 6.45) is 2.89. The Hall–Kier alpha value is -0.540. The summed E-state index contributed by atoms with van der Waals surface area (Å²) in [5, 5.41) is 0. The topological polar surface area (TPSA) is 43.1 Å². The Kier molecular flexibility index (Phi) is 2.79. The standard InChI is InChI=1S/C10H12ClNOS/c11-9-4-3-8(14-9)7(5-10(12)13)6-1-2-6/h3-4,6-7H,1-2,5H2,(H2,12,13). The van der Waals surface area contributed by atoms with Gasteiger partial charge in [-0.2, -0.15) is 0 Å². The Balaban J connectivity index is 2.13. The van der Waals surface area contributed by atoms with E-state index in [0.29, 0.717) is 18.3 Å². The van der Waals surface area contributed by atoms with Crippen molar-refractivity contribution in [2.45, 2.75) is 25.2 Å². The van der Waals surface area contributed by atoms with Gasteiger partial charge in [0.2, 0.25) is 5.91 Å². The summed E-state index contributed by atoms with van der Waals surface area (Å²) in [6.45, 7) is 0. The van der Waals surface area contributed by atoms with E-state index >= 15 is 0 Å². The van der Waals surface area contributed by atoms with Crippen LogP contribution in [0.5, 0.6) is 0 Å². The number of halogens is 1. The van der Waals surface area contributed by atoms with Gasteiger partial charge in [-0.15, -0.1) is 11.3 Å². The van der Waals surface area contributed by atoms with Gasteiger partial charge in [0.15, 0.2) is 0 Å². The molecular formula is C10H12ClNOS. The third kappa shape index (κ3) is 2.28. The molecule has 1 aliphatic rings. The molecule has 1 fully saturated rings. The average Bonchev–Trinajstić information content (AvgIpc) is 2.85. The Morgan fingerprint density at radius 2 is 2.36 bits per heavy atom. The maximum Gasteiger partial charge on any atom is 0.218 e. The molecular weight excluding hydrogens is 218 g/mol. The Morgan fingerprint density at radius 3 is 2.79 bits per heavy atom. The SMILES string of the molecule is NC(=O)CC(c1ccc(Cl)s1)C1CC1. The zero-order valence-corrected chi connectivity index (χ0v) is 9.27. The fourth-order valence-corrected chi connectivity index (χ4v) is 3.00. The zero-order valence-electron chi connectivity index (χ0n) is 7.70. The van der Waals surface area contributed by atoms with Crippen LogP contribution in [0.25, 0.3) is 0 Å². The van der Waals surface area contributed by atoms with Gasteiger partial charge in [0.25, 0.3) is 0 Å². The Bertz CT molecular complexity index is 346. The molecule has 1 aromatic rings. The molecule has 0 saturated heterocycles. The van der Waals surface area contributed by atoms with Crippen LogP contribution >= 0.6 is 22.9 Å². The van der Waals surface area contributed by atoms with Gasteiger partial charge in [0.05, 0.1) is 4.34 Å². The van der Waals surface area contributed by atoms with Crippen LogP contribution in [-0.2, 0) is 4.79 Å². The van der Waals surface area contributed by atoms with Gasteiger partial charge in [-0.05, 0) is 30.9 Å². The molecule has 14 heavy (non-hydrogen) atoms. The van der Waals surface area contributed by atoms with E-state index in [-0.39, 0.29) is 5.91 Å². The van der Waals surface area contributed by atoms with Crippen molar-refractivity contribution in [1.82, 2.24) is 0 Å². The van der Waals surface area contributed by atoms with Crippen LogP contribution in [0.4, 0.5) is 0 Å². The van der Waals surface area contributed by atoms with E-state index in [0.717, 1.165) is 4.34 Å². The fraction of sp³-hybridized carbons (Fsp3) is 0.500. The van der Waals surface area contributed by atoms with Crippen molar-refractivity contribution in [3.63, 3.8) is 0 Å². The quantitative estimate of drug-likeness (QED) is 0.848. The average molecular weight is 230 g/mol. The van der Waals surface area contributed by atoms with E-state index in [1.165, 1.54) is 17.7 Å². The van der Waals surface area contributed by atoms with E-state index in [9.17, 15) is 4.79 Å². The van der Waals surface area contributed by atoms with Crippen molar-refractivity contribution in [1.29, 1.82) is 0 Å². The lowest BCUT2D eigenvalue weighted by atomic mass is 9.98. The smallest absolute Gasteiger partial charge is 0.218 e. The Morgan fingerprint density at radius 1 is 1.64 bits per heavy atom. The van der Waals surface area contributed by atoms with Gasteiger partial charge in [-0.25, -0.2) is 0 Å². The summed E-state index contributed by atoms with van der Waals surface area (Å²) in [5.41, 5.74) is 5.24. The lowest BCUT2D eigenvalue weighted by molar-refractivity contribution is -0.118. The highest BCUT2D eigenvalue weighted by atomic mass is 35.5. The maximum absolute atomic E-state index is 10.9. The fourth-order valence-electron chi connectivity index (χ4n) is 1.74. The number of thiophene rings is 1. The van der Waals surface area contributed by atoms with Crippen LogP contribution in [0.3, 0.4) is 0 Å². The molecule has 4 heteroatoms. The molecule has 1 amide bonds. The van der Waals surface area contributed by atoms with Crippen molar-refractivity contribution >= 4 is 28.8 Å². The van der Waals surface area contributed by atoms with Crippen molar-refractivity contribution in [3.05, 3.63) is 21.3 Å². The van der Waals surface area contributed by atoms with Crippen LogP contribution in [0.15, 0.2) is 12.1 Å². The van der Waals surface area contributed by atoms with Crippen molar-refractivity contribution in [3.8, 4) is 0 Å². The molecule has 0 radical (unpaired) electrons. The van der Waals surface area contributed by atoms with E-state index in [1.54, 1.807) is 11.3 Å². The van der Waals surface area contributed by atoms with Gasteiger partial charge in [0.1, 0.15) is 0 Å². The summed E-state index contributed by atoms with van der Waals surface area (Å²) >= 11 is 7.43. The maximum atomic E-state index is 10.9. The summed E-state index contributed by atoms with van der Waals surface area (Å²) in [5.74, 6) is 0.744. The molecule has 76 valence electrons. The molecule has 0 aromatic carbocycles. The number of hydrogen-bond donors (Lipinski definition) is 1. The number of carbonyl (C=O) groups excluding carboxylic acids is 1. The van der Waals surface area contributed by atoms with Crippen LogP contribution in [-0.4, -0.2) is 5.91 Å². The van der Waals surface area contributed by atoms with Gasteiger partial charge in [0, 0.05) is 17.2 Å². The lowest BCUT2D eigenvalue weighted by Crippen LogP contribution is -2.15. The normalized spacial score (nSPS) is 18.1. The van der Waals surface area contributed by atoms with E-state index in [2.05, 4.69) is 0 Å². The molecule has 1 aromatic heterocycles. The predicted molar refractivity (Wildman–Crippen MR) is 58.6 cm³/mol. The largest absolute Gasteiger partial charge is 0.370 e. The summed E-state index contributed by atoms with van der Waals surface area (Å²) < 4.78 is 0.787. The number of primary amides is 1. The molecule has 2 rings (SSSR count). The minimum Gasteiger partial charge on any atom is -0.370 e. The van der Waals surface area contributed by atoms with E-state index in [1.807, 2.05) is 12.1 Å². The summed E-state index contributed by atoms with van der Waals surface area (Å²) in [7, 11) is 0. The molecule has 0 spiro atoms. The van der Waals surface area contributed by atoms with Crippen LogP contribution in [0.1, 0.15) is 30.1 Å². The monoisotopic (exact) mass is 229 g/mol. The van der Waals surface area contributed by atoms with Crippen molar-refractivity contribution < 1.29 is 4.79 Å². The second-order valence-corrected chi connectivity index (χ2v) is 5.50. The van der Waals surface area contributed by atoms with Gasteiger partial charge >= 0.3 is 0 Å². The van der Waals surface area contributed by atoms with Crippen molar-refractivity contribution in [2.75, 3.05) is 0 Å². The van der Waals surface area contributed by atoms with Gasteiger partial charge in [-0.1, -0.05) is 11.6 Å². The molecule has 1 heterocycles. The van der Waals surface area contributed by atoms with Crippen LogP contribution in [0, 0.1) is 5.92 Å². The second kappa shape index (κ2) is 3.91. The molecule has 1 saturated carbocycles. The predicted octanol–water partition coefficient (Wildman–Crippen LogP) is 2.77. The first kappa shape index (κ1) is 9.99. The Labute approximate surface area is 92.1 Å². The zero-order chi connectivity index (χ0) is 10.1. The molecule has 2 N–H and O–H groups in total. The minimum atomic E-state index is -0.216. The first-order valence-electron chi connectivity index (χ1n) is 4.70. The third-order valence-corrected chi connectivity index (χ3v) is 3.93. The van der Waals surface area contributed by atoms with Crippen LogP contribution in [0.2, 0.25) is 4.34 Å². The van der Waals surface area contributed by atoms with E-state index < -0.39 is 0 Å². The van der Waals surface area contributed by atoms with Crippen LogP contribution < -0.4 is 5.73 Å². The number of nitrogens with two attached hydrogens (primary N) is 1. The molecule has 0 aliphatic heterocycles.